The topological polar surface area (TPSA) is 55.6 Å². The van der Waals surface area contributed by atoms with Crippen LogP contribution >= 0.6 is 12.4 Å². The van der Waals surface area contributed by atoms with Gasteiger partial charge in [0, 0.05) is 42.3 Å². The number of nitrogens with one attached hydrogen (secondary N) is 1. The number of fused-ring (bicyclic) bond motifs is 2. The molecule has 0 fully saturated rings. The van der Waals surface area contributed by atoms with Crippen LogP contribution in [-0.4, -0.2) is 32.8 Å². The maximum atomic E-state index is 14.8. The average molecular weight is 414 g/mol. The van der Waals surface area contributed by atoms with Gasteiger partial charge in [-0.3, -0.25) is 4.68 Å². The molecule has 1 aliphatic heterocycles. The van der Waals surface area contributed by atoms with E-state index in [0.29, 0.717) is 16.3 Å². The zero-order valence-electron chi connectivity index (χ0n) is 15.6. The van der Waals surface area contributed by atoms with E-state index in [9.17, 15) is 8.78 Å². The molecule has 0 saturated heterocycles. The van der Waals surface area contributed by atoms with Crippen LogP contribution in [0, 0.1) is 11.6 Å². The molecule has 1 aliphatic rings. The Kier molecular flexibility index (Phi) is 5.02. The first-order chi connectivity index (χ1) is 13.6. The summed E-state index contributed by atoms with van der Waals surface area (Å²) in [6.45, 7) is 1.66. The summed E-state index contributed by atoms with van der Waals surface area (Å²) in [5, 5.41) is 8.62. The van der Waals surface area contributed by atoms with Crippen LogP contribution in [0.4, 0.5) is 8.78 Å². The molecule has 0 atom stereocenters. The van der Waals surface area contributed by atoms with Gasteiger partial charge in [0.2, 0.25) is 0 Å². The molecule has 8 heteroatoms. The minimum Gasteiger partial charge on any atom is -0.313 e. The van der Waals surface area contributed by atoms with E-state index in [1.807, 2.05) is 6.07 Å². The Morgan fingerprint density at radius 1 is 1.00 bits per heavy atom. The van der Waals surface area contributed by atoms with Crippen LogP contribution in [0.25, 0.3) is 38.8 Å². The zero-order chi connectivity index (χ0) is 19.3. The number of halogens is 3. The molecule has 0 bridgehead atoms. The number of hydrogen-bond donors (Lipinski definition) is 1. The lowest BCUT2D eigenvalue weighted by atomic mass is 9.98. The van der Waals surface area contributed by atoms with Gasteiger partial charge < -0.3 is 5.32 Å². The molecule has 0 amide bonds. The van der Waals surface area contributed by atoms with Crippen molar-refractivity contribution in [1.82, 2.24) is 25.1 Å². The lowest BCUT2D eigenvalue weighted by Gasteiger charge is -2.15. The highest BCUT2D eigenvalue weighted by Crippen LogP contribution is 2.28. The van der Waals surface area contributed by atoms with E-state index in [-0.39, 0.29) is 29.3 Å². The predicted octanol–water partition coefficient (Wildman–Crippen LogP) is 4.26. The van der Waals surface area contributed by atoms with Crippen molar-refractivity contribution in [3.63, 3.8) is 0 Å². The molecule has 29 heavy (non-hydrogen) atoms. The van der Waals surface area contributed by atoms with Gasteiger partial charge in [-0.15, -0.1) is 12.4 Å². The SMILES string of the molecule is Cl.Cn1cc2cc(-c3ncc4cc(C5=CCNCC5)cc(F)c4n3)cc(F)c2n1. The first-order valence-corrected chi connectivity index (χ1v) is 9.08. The van der Waals surface area contributed by atoms with Gasteiger partial charge in [0.1, 0.15) is 16.9 Å². The third-order valence-electron chi connectivity index (χ3n) is 5.01. The Bertz CT molecular complexity index is 1270. The van der Waals surface area contributed by atoms with Crippen molar-refractivity contribution in [2.45, 2.75) is 6.42 Å². The monoisotopic (exact) mass is 413 g/mol. The van der Waals surface area contributed by atoms with Gasteiger partial charge in [0.15, 0.2) is 11.6 Å². The van der Waals surface area contributed by atoms with Crippen molar-refractivity contribution in [3.05, 3.63) is 59.9 Å². The molecular formula is C21H18ClF2N5. The number of hydrogen-bond acceptors (Lipinski definition) is 4. The van der Waals surface area contributed by atoms with Gasteiger partial charge in [-0.2, -0.15) is 5.10 Å². The van der Waals surface area contributed by atoms with Crippen molar-refractivity contribution >= 4 is 39.8 Å². The Morgan fingerprint density at radius 2 is 1.76 bits per heavy atom. The van der Waals surface area contributed by atoms with E-state index < -0.39 is 11.6 Å². The quantitative estimate of drug-likeness (QED) is 0.533. The van der Waals surface area contributed by atoms with Crippen molar-refractivity contribution in [2.75, 3.05) is 13.1 Å². The smallest absolute Gasteiger partial charge is 0.160 e. The summed E-state index contributed by atoms with van der Waals surface area (Å²) < 4.78 is 30.7. The number of benzene rings is 2. The first kappa shape index (κ1) is 19.4. The molecule has 0 unspecified atom stereocenters. The fourth-order valence-corrected chi connectivity index (χ4v) is 3.65. The van der Waals surface area contributed by atoms with Gasteiger partial charge >= 0.3 is 0 Å². The van der Waals surface area contributed by atoms with Crippen molar-refractivity contribution in [1.29, 1.82) is 0 Å². The summed E-state index contributed by atoms with van der Waals surface area (Å²) in [6, 6.07) is 6.52. The zero-order valence-corrected chi connectivity index (χ0v) is 16.4. The summed E-state index contributed by atoms with van der Waals surface area (Å²) in [5.41, 5.74) is 2.98. The van der Waals surface area contributed by atoms with E-state index in [1.165, 1.54) is 12.1 Å². The highest BCUT2D eigenvalue weighted by atomic mass is 35.5. The fourth-order valence-electron chi connectivity index (χ4n) is 3.65. The van der Waals surface area contributed by atoms with Crippen LogP contribution in [0.15, 0.2) is 42.7 Å². The van der Waals surface area contributed by atoms with Crippen LogP contribution in [0.1, 0.15) is 12.0 Å². The van der Waals surface area contributed by atoms with Crippen molar-refractivity contribution in [2.24, 2.45) is 7.05 Å². The summed E-state index contributed by atoms with van der Waals surface area (Å²) in [5.74, 6) is -0.575. The lowest BCUT2D eigenvalue weighted by molar-refractivity contribution is 0.632. The Hall–Kier alpha value is -2.90. The molecule has 2 aromatic carbocycles. The third-order valence-corrected chi connectivity index (χ3v) is 5.01. The molecule has 4 aromatic rings. The summed E-state index contributed by atoms with van der Waals surface area (Å²) in [4.78, 5) is 8.73. The molecule has 1 N–H and O–H groups in total. The minimum absolute atomic E-state index is 0. The number of rotatable bonds is 2. The van der Waals surface area contributed by atoms with Gasteiger partial charge in [-0.05, 0) is 48.4 Å². The van der Waals surface area contributed by atoms with Gasteiger partial charge in [0.05, 0.1) is 0 Å². The molecule has 5 nitrogen and oxygen atoms in total. The minimum atomic E-state index is -0.453. The summed E-state index contributed by atoms with van der Waals surface area (Å²) in [6.07, 6.45) is 6.25. The molecular weight excluding hydrogens is 396 g/mol. The average Bonchev–Trinajstić information content (AvgIpc) is 3.09. The van der Waals surface area contributed by atoms with Crippen molar-refractivity contribution < 1.29 is 8.78 Å². The van der Waals surface area contributed by atoms with E-state index in [0.717, 1.165) is 30.6 Å². The second-order valence-corrected chi connectivity index (χ2v) is 6.97. The second-order valence-electron chi connectivity index (χ2n) is 6.97. The maximum absolute atomic E-state index is 14.8. The van der Waals surface area contributed by atoms with Gasteiger partial charge in [-0.1, -0.05) is 6.08 Å². The third kappa shape index (κ3) is 3.47. The van der Waals surface area contributed by atoms with Crippen molar-refractivity contribution in [3.8, 4) is 11.4 Å². The van der Waals surface area contributed by atoms with Crippen LogP contribution < -0.4 is 5.32 Å². The molecule has 2 aromatic heterocycles. The number of aromatic nitrogens is 4. The van der Waals surface area contributed by atoms with Crippen LogP contribution in [0.5, 0.6) is 0 Å². The van der Waals surface area contributed by atoms with E-state index in [1.54, 1.807) is 30.2 Å². The maximum Gasteiger partial charge on any atom is 0.160 e. The summed E-state index contributed by atoms with van der Waals surface area (Å²) in [7, 11) is 1.73. The molecule has 0 aliphatic carbocycles. The summed E-state index contributed by atoms with van der Waals surface area (Å²) >= 11 is 0. The molecule has 148 valence electrons. The molecule has 5 rings (SSSR count). The lowest BCUT2D eigenvalue weighted by Crippen LogP contribution is -2.20. The van der Waals surface area contributed by atoms with Gasteiger partial charge in [0.25, 0.3) is 0 Å². The molecule has 0 spiro atoms. The first-order valence-electron chi connectivity index (χ1n) is 9.08. The molecule has 3 heterocycles. The fraction of sp³-hybridized carbons (Fsp3) is 0.190. The standard InChI is InChI=1S/C21H17F2N5.ClH/c1-28-11-16-7-14(9-18(23)20(16)27-28)21-25-10-15-6-13(8-17(22)19(15)26-21)12-2-4-24-5-3-12;/h2,6-11,24H,3-5H2,1H3;1H. The van der Waals surface area contributed by atoms with E-state index in [4.69, 9.17) is 0 Å². The number of aryl methyl sites for hydroxylation is 1. The van der Waals surface area contributed by atoms with Gasteiger partial charge in [-0.25, -0.2) is 18.7 Å². The largest absolute Gasteiger partial charge is 0.313 e. The normalized spacial score (nSPS) is 14.1. The second kappa shape index (κ2) is 7.50. The predicted molar refractivity (Wildman–Crippen MR) is 112 cm³/mol. The Balaban J connectivity index is 0.00000205. The van der Waals surface area contributed by atoms with E-state index in [2.05, 4.69) is 26.5 Å². The van der Waals surface area contributed by atoms with Crippen LogP contribution in [0.3, 0.4) is 0 Å². The number of nitrogens with zero attached hydrogens (tertiary/aromatic N) is 4. The van der Waals surface area contributed by atoms with E-state index >= 15 is 0 Å². The highest BCUT2D eigenvalue weighted by molar-refractivity contribution is 5.87. The Morgan fingerprint density at radius 3 is 2.55 bits per heavy atom. The Labute approximate surface area is 171 Å². The van der Waals surface area contributed by atoms with Crippen LogP contribution in [-0.2, 0) is 7.05 Å². The molecule has 0 saturated carbocycles. The van der Waals surface area contributed by atoms with Crippen LogP contribution in [0.2, 0.25) is 0 Å². The molecule has 0 radical (unpaired) electrons. The highest BCUT2D eigenvalue weighted by Gasteiger charge is 2.14.